The molecule has 8 aromatic heterocycles. The van der Waals surface area contributed by atoms with Crippen LogP contribution in [0.1, 0.15) is 379 Å². The maximum atomic E-state index is 14.1. The standard InChI is InChI=1S/C30H38N2O4S.C29H39N3O3S2.C29H38N2O3S3.C28H38N4O3S2/c1-20-7-9-21(10-8-20)28(33)32(22-11-13-23(14-12-22)36-24-6-5-17-31-19-24)26-18-25(15-16-30(2,3)4)37-27(26)29(34)35;1-19-6-8-20(9-7-19)26(33)32(21-10-12-22(13-11-21)37-28-30-16-17-31(28)5)24-18-23(14-15-29(2,3)4)36-25(24)27(34)35;1-18-6-8-20(9-7-18)26(32)31(21-10-12-22(13-11-21)37-28-30-17-19(2)35-28)24-16-23(14-15-29(3,4)5)36-25(24)27(33)34;1-18-6-8-19(9-7-18)25(33)32(20-10-12-21(13-11-20)37-27-29-17-30-31(27)5)23-16-22(14-15-28(2,3)4)36-24(23)26(34)35/h5-6,17-23H,7-14H2,1-4H3,(H,34,35);16-22H,6-13H2,1-5H3,(H,34,35);16-18,20-22H,6-13H2,1-5H3,(H,33,34);16-21H,6-13H2,1-5H3,(H,34,35). The molecule has 4 N–H and O–H groups in total. The average molecular weight is 2170 g/mol. The van der Waals surface area contributed by atoms with E-state index in [-0.39, 0.29) is 119 Å². The van der Waals surface area contributed by atoms with Crippen LogP contribution >= 0.6 is 92.0 Å². The van der Waals surface area contributed by atoms with Crippen LogP contribution in [0.15, 0.2) is 88.4 Å². The van der Waals surface area contributed by atoms with Gasteiger partial charge in [0, 0.05) is 129 Å². The van der Waals surface area contributed by atoms with Crippen molar-refractivity contribution in [2.45, 2.75) is 384 Å². The molecule has 8 heterocycles. The lowest BCUT2D eigenvalue weighted by molar-refractivity contribution is -0.125. The number of thiazole rings is 1. The minimum Gasteiger partial charge on any atom is -0.489 e. The molecule has 0 aromatic carbocycles. The van der Waals surface area contributed by atoms with E-state index in [0.29, 0.717) is 81.7 Å². The Bertz CT molecular complexity index is 5940. The Morgan fingerprint density at radius 1 is 0.378 bits per heavy atom. The maximum Gasteiger partial charge on any atom is 0.348 e. The summed E-state index contributed by atoms with van der Waals surface area (Å²) in [5.74, 6) is 25.1. The Kier molecular flexibility index (Phi) is 41.0. The summed E-state index contributed by atoms with van der Waals surface area (Å²) in [5.41, 5.74) is 1.36. The normalized spacial score (nSPS) is 24.2. The van der Waals surface area contributed by atoms with Crippen molar-refractivity contribution in [1.29, 1.82) is 0 Å². The molecule has 0 unspecified atom stereocenters. The van der Waals surface area contributed by atoms with E-state index in [1.54, 1.807) is 58.3 Å². The second-order valence-electron chi connectivity index (χ2n) is 46.3. The summed E-state index contributed by atoms with van der Waals surface area (Å²) in [6, 6.07) is 11.1. The van der Waals surface area contributed by atoms with E-state index in [2.05, 4.69) is 107 Å². The zero-order valence-corrected chi connectivity index (χ0v) is 96.5. The molecule has 32 heteroatoms. The summed E-state index contributed by atoms with van der Waals surface area (Å²) in [7, 11) is 3.91. The van der Waals surface area contributed by atoms with Crippen LogP contribution in [0.3, 0.4) is 0 Å². The van der Waals surface area contributed by atoms with Gasteiger partial charge in [0.25, 0.3) is 0 Å². The highest BCUT2D eigenvalue weighted by atomic mass is 32.2. The number of thioether (sulfide) groups is 3. The molecule has 4 amide bonds. The molecule has 148 heavy (non-hydrogen) atoms. The van der Waals surface area contributed by atoms with Crippen LogP contribution in [0.4, 0.5) is 22.7 Å². The van der Waals surface area contributed by atoms with E-state index >= 15 is 0 Å². The van der Waals surface area contributed by atoms with E-state index in [4.69, 9.17) is 4.74 Å². The highest BCUT2D eigenvalue weighted by molar-refractivity contribution is 8.01. The van der Waals surface area contributed by atoms with Crippen LogP contribution in [0.25, 0.3) is 0 Å². The number of carboxylic acid groups (broad SMARTS) is 4. The van der Waals surface area contributed by atoms with Gasteiger partial charge in [-0.05, 0) is 356 Å². The Morgan fingerprint density at radius 2 is 0.682 bits per heavy atom. The molecule has 0 bridgehead atoms. The third-order valence-corrected chi connectivity index (χ3v) is 38.4. The number of thiophene rings is 4. The number of carbonyl (C=O) groups excluding carboxylic acids is 4. The molecule has 8 aromatic rings. The highest BCUT2D eigenvalue weighted by Gasteiger charge is 2.45. The predicted molar refractivity (Wildman–Crippen MR) is 603 cm³/mol. The van der Waals surface area contributed by atoms with Crippen LogP contribution in [0, 0.1) is 123 Å². The molecular formula is C116H153N11O13S8. The zero-order valence-electron chi connectivity index (χ0n) is 89.9. The monoisotopic (exact) mass is 2160 g/mol. The number of amides is 4. The minimum absolute atomic E-state index is 0.00111. The van der Waals surface area contributed by atoms with Gasteiger partial charge in [-0.15, -0.1) is 56.7 Å². The summed E-state index contributed by atoms with van der Waals surface area (Å²) in [6.45, 7) is 35.5. The summed E-state index contributed by atoms with van der Waals surface area (Å²) < 4.78 is 11.1. The Labute approximate surface area is 910 Å². The fourth-order valence-corrected chi connectivity index (χ4v) is 28.9. The van der Waals surface area contributed by atoms with Gasteiger partial charge >= 0.3 is 23.9 Å². The second kappa shape index (κ2) is 52.4. The summed E-state index contributed by atoms with van der Waals surface area (Å²) in [5, 5.41) is 47.8. The third kappa shape index (κ3) is 33.2. The van der Waals surface area contributed by atoms with Crippen molar-refractivity contribution >= 4 is 162 Å². The molecule has 8 aliphatic carbocycles. The first-order chi connectivity index (χ1) is 70.1. The van der Waals surface area contributed by atoms with E-state index in [1.165, 1.54) is 50.2 Å². The van der Waals surface area contributed by atoms with Crippen molar-refractivity contribution in [1.82, 2.24) is 34.3 Å². The number of aryl methyl sites for hydroxylation is 3. The van der Waals surface area contributed by atoms with Crippen LogP contribution in [-0.4, -0.2) is 148 Å². The third-order valence-electron chi connectivity index (χ3n) is 29.1. The molecule has 16 rings (SSSR count). The lowest BCUT2D eigenvalue weighted by Crippen LogP contribution is -2.47. The molecule has 0 atom stereocenters. The number of aromatic carboxylic acids is 4. The molecule has 8 fully saturated rings. The first-order valence-electron chi connectivity index (χ1n) is 53.4. The van der Waals surface area contributed by atoms with Crippen LogP contribution in [0.2, 0.25) is 0 Å². The van der Waals surface area contributed by atoms with Crippen LogP contribution < -0.4 is 24.3 Å². The van der Waals surface area contributed by atoms with Gasteiger partial charge in [-0.2, -0.15) is 5.10 Å². The Morgan fingerprint density at radius 3 is 0.939 bits per heavy atom. The number of aromatic nitrogens is 7. The zero-order chi connectivity index (χ0) is 107. The van der Waals surface area contributed by atoms with Crippen molar-refractivity contribution in [3.8, 4) is 53.1 Å². The number of carbonyl (C=O) groups is 8. The Hall–Kier alpha value is -9.22. The van der Waals surface area contributed by atoms with Gasteiger partial charge < -0.3 is 49.3 Å². The number of pyridine rings is 1. The van der Waals surface area contributed by atoms with Gasteiger partial charge in [0.2, 0.25) is 23.6 Å². The summed E-state index contributed by atoms with van der Waals surface area (Å²) >= 11 is 11.9. The molecule has 798 valence electrons. The lowest BCUT2D eigenvalue weighted by atomic mass is 9.81. The molecule has 0 spiro atoms. The number of imidazole rings is 1. The second-order valence-corrected chi connectivity index (χ2v) is 55.8. The number of ether oxygens (including phenoxy) is 1. The van der Waals surface area contributed by atoms with Crippen molar-refractivity contribution < 1.29 is 63.5 Å². The van der Waals surface area contributed by atoms with Gasteiger partial charge in [0.05, 0.1) is 54.6 Å². The van der Waals surface area contributed by atoms with E-state index in [1.807, 2.05) is 188 Å². The van der Waals surface area contributed by atoms with E-state index in [9.17, 15) is 58.8 Å². The number of hydrogen-bond donors (Lipinski definition) is 4. The highest BCUT2D eigenvalue weighted by Crippen LogP contribution is 2.49. The van der Waals surface area contributed by atoms with Crippen LogP contribution in [0.5, 0.6) is 5.75 Å². The Balaban J connectivity index is 0.000000165. The lowest BCUT2D eigenvalue weighted by Gasteiger charge is -2.39. The smallest absolute Gasteiger partial charge is 0.348 e. The fraction of sp³-hybridized carbons (Fsp3) is 0.612. The largest absolute Gasteiger partial charge is 0.489 e. The number of carboxylic acids is 4. The number of rotatable bonds is 24. The molecular weight excluding hydrogens is 2010 g/mol. The molecule has 0 aliphatic heterocycles. The van der Waals surface area contributed by atoms with Crippen molar-refractivity contribution in [3.63, 3.8) is 0 Å². The fourth-order valence-electron chi connectivity index (χ4n) is 20.9. The van der Waals surface area contributed by atoms with Gasteiger partial charge in [0.1, 0.15) is 35.9 Å². The van der Waals surface area contributed by atoms with Gasteiger partial charge in [-0.25, -0.2) is 38.8 Å². The SMILES string of the molecule is CC1CCC(C(=O)N(c2cc(C#CC(C)(C)C)sc2C(=O)O)C2CCC(Oc3cccnc3)CC2)CC1.CC1CCC(C(=O)N(c2cc(C#CC(C)(C)C)sc2C(=O)O)C2CCC(Sc3nccn3C)CC2)CC1.CC1CCC(C(=O)N(c2cc(C#CC(C)(C)C)sc2C(=O)O)C2CCC(Sc3ncnn3C)CC2)CC1.Cc1cnc(SC2CCC(N(C(=O)C3CCC(C)CC3)c3cc(C#CC(C)(C)C)sc3C(=O)O)CC2)s1. The molecule has 0 saturated heterocycles. The number of anilines is 4. The van der Waals surface area contributed by atoms with E-state index < -0.39 is 23.9 Å². The molecule has 24 nitrogen and oxygen atoms in total. The van der Waals surface area contributed by atoms with Crippen LogP contribution in [-0.2, 0) is 33.3 Å². The van der Waals surface area contributed by atoms with Gasteiger partial charge in [0.15, 0.2) is 10.3 Å². The quantitative estimate of drug-likeness (QED) is 0.0408. The molecule has 8 aliphatic rings. The van der Waals surface area contributed by atoms with Gasteiger partial charge in [-0.1, -0.05) is 110 Å². The first-order valence-corrected chi connectivity index (χ1v) is 60.1. The predicted octanol–water partition coefficient (Wildman–Crippen LogP) is 27.7. The first kappa shape index (κ1) is 116. The average Bonchev–Trinajstić information content (AvgIpc) is 1.59. The maximum absolute atomic E-state index is 14.1. The van der Waals surface area contributed by atoms with Crippen molar-refractivity contribution in [2.75, 3.05) is 19.6 Å². The summed E-state index contributed by atoms with van der Waals surface area (Å²) in [6.07, 6.45) is 40.2. The minimum atomic E-state index is -1.01. The molecule has 8 saturated carbocycles. The number of hydrogen-bond acceptors (Lipinski definition) is 22. The van der Waals surface area contributed by atoms with Gasteiger partial charge in [-0.3, -0.25) is 24.2 Å². The van der Waals surface area contributed by atoms with Crippen molar-refractivity contribution in [2.24, 2.45) is 83.1 Å². The summed E-state index contributed by atoms with van der Waals surface area (Å²) in [4.78, 5) is 135. The molecule has 0 radical (unpaired) electrons. The van der Waals surface area contributed by atoms with E-state index in [0.717, 1.165) is 226 Å². The topological polar surface area (TPSA) is 314 Å². The number of nitrogens with zero attached hydrogens (tertiary/aromatic N) is 11. The van der Waals surface area contributed by atoms with Crippen molar-refractivity contribution in [3.05, 3.63) is 118 Å².